The maximum atomic E-state index is 13.5. The fourth-order valence-electron chi connectivity index (χ4n) is 5.56. The predicted octanol–water partition coefficient (Wildman–Crippen LogP) is 2.13. The molecule has 154 valence electrons. The Balaban J connectivity index is 1.20. The number of likely N-dealkylation sites (tertiary alicyclic amines) is 1. The van der Waals surface area contributed by atoms with E-state index in [0.717, 1.165) is 43.7 Å². The van der Waals surface area contributed by atoms with Gasteiger partial charge in [0.15, 0.2) is 0 Å². The smallest absolute Gasteiger partial charge is 0.241 e. The molecule has 3 aliphatic heterocycles. The molecule has 3 aliphatic rings. The topological polar surface area (TPSA) is 59.4 Å². The maximum Gasteiger partial charge on any atom is 0.241 e. The van der Waals surface area contributed by atoms with Gasteiger partial charge in [0.2, 0.25) is 5.91 Å². The van der Waals surface area contributed by atoms with Gasteiger partial charge >= 0.3 is 0 Å². The highest BCUT2D eigenvalue weighted by Crippen LogP contribution is 2.54. The summed E-state index contributed by atoms with van der Waals surface area (Å²) in [5, 5.41) is 7.38. The Morgan fingerprint density at radius 1 is 1.41 bits per heavy atom. The largest absolute Gasteiger partial charge is 0.370 e. The second-order valence-corrected chi connectivity index (χ2v) is 8.79. The first kappa shape index (κ1) is 18.8. The highest BCUT2D eigenvalue weighted by atomic mass is 19.1. The summed E-state index contributed by atoms with van der Waals surface area (Å²) in [5.74, 6) is 0.552. The summed E-state index contributed by atoms with van der Waals surface area (Å²) in [6.45, 7) is 5.36. The molecule has 5 rings (SSSR count). The standard InChI is InChI=1S/C22H27FN4O2/c1-15-6-8-27(25-15)13-21(28)24-10-18-19-12-26(11-16-3-2-4-17(23)9-16)14-22(19)7-5-20(18)29-22/h2-4,6,8-9,18-20H,5,7,10-14H2,1H3,(H,24,28)/t18-,19+,20+,22+/m0/s1. The molecule has 3 saturated heterocycles. The number of carbonyl (C=O) groups is 1. The van der Waals surface area contributed by atoms with Crippen LogP contribution in [0.2, 0.25) is 0 Å². The lowest BCUT2D eigenvalue weighted by Crippen LogP contribution is -2.42. The van der Waals surface area contributed by atoms with Gasteiger partial charge in [-0.25, -0.2) is 4.39 Å². The van der Waals surface area contributed by atoms with E-state index < -0.39 is 0 Å². The van der Waals surface area contributed by atoms with Gasteiger partial charge in [-0.3, -0.25) is 14.4 Å². The number of fused-ring (bicyclic) bond motifs is 1. The molecule has 29 heavy (non-hydrogen) atoms. The highest BCUT2D eigenvalue weighted by molar-refractivity contribution is 5.75. The van der Waals surface area contributed by atoms with Crippen molar-refractivity contribution in [2.45, 2.75) is 44.6 Å². The summed E-state index contributed by atoms with van der Waals surface area (Å²) in [6.07, 6.45) is 4.21. The first-order chi connectivity index (χ1) is 14.0. The van der Waals surface area contributed by atoms with Crippen molar-refractivity contribution in [2.75, 3.05) is 19.6 Å². The summed E-state index contributed by atoms with van der Waals surface area (Å²) in [7, 11) is 0. The molecular formula is C22H27FN4O2. The quantitative estimate of drug-likeness (QED) is 0.810. The summed E-state index contributed by atoms with van der Waals surface area (Å²) >= 11 is 0. The molecule has 1 N–H and O–H groups in total. The first-order valence-electron chi connectivity index (χ1n) is 10.4. The molecule has 0 radical (unpaired) electrons. The summed E-state index contributed by atoms with van der Waals surface area (Å²) < 4.78 is 21.6. The van der Waals surface area contributed by atoms with Crippen LogP contribution in [0.5, 0.6) is 0 Å². The molecule has 4 atom stereocenters. The lowest BCUT2D eigenvalue weighted by Gasteiger charge is -2.29. The number of aromatic nitrogens is 2. The summed E-state index contributed by atoms with van der Waals surface area (Å²) in [5.41, 5.74) is 1.81. The van der Waals surface area contributed by atoms with E-state index in [1.54, 1.807) is 16.8 Å². The van der Waals surface area contributed by atoms with Crippen molar-refractivity contribution < 1.29 is 13.9 Å². The lowest BCUT2D eigenvalue weighted by molar-refractivity contribution is -0.122. The normalized spacial score (nSPS) is 30.6. The van der Waals surface area contributed by atoms with Crippen molar-refractivity contribution in [3.8, 4) is 0 Å². The Morgan fingerprint density at radius 3 is 3.10 bits per heavy atom. The van der Waals surface area contributed by atoms with Crippen LogP contribution in [0.1, 0.15) is 24.1 Å². The third kappa shape index (κ3) is 3.57. The number of amides is 1. The molecule has 1 aromatic heterocycles. The van der Waals surface area contributed by atoms with Gasteiger partial charge in [-0.05, 0) is 43.5 Å². The molecule has 3 fully saturated rings. The van der Waals surface area contributed by atoms with E-state index >= 15 is 0 Å². The maximum absolute atomic E-state index is 13.5. The number of halogens is 1. The Morgan fingerprint density at radius 2 is 2.31 bits per heavy atom. The van der Waals surface area contributed by atoms with E-state index in [4.69, 9.17) is 4.74 Å². The van der Waals surface area contributed by atoms with Crippen molar-refractivity contribution in [1.29, 1.82) is 0 Å². The monoisotopic (exact) mass is 398 g/mol. The fourth-order valence-corrected chi connectivity index (χ4v) is 5.56. The number of nitrogens with zero attached hydrogens (tertiary/aromatic N) is 3. The van der Waals surface area contributed by atoms with Crippen molar-refractivity contribution in [1.82, 2.24) is 20.0 Å². The number of aryl methyl sites for hydroxylation is 1. The number of benzene rings is 1. The number of hydrogen-bond donors (Lipinski definition) is 1. The molecular weight excluding hydrogens is 371 g/mol. The first-order valence-corrected chi connectivity index (χ1v) is 10.4. The van der Waals surface area contributed by atoms with E-state index in [2.05, 4.69) is 15.3 Å². The molecule has 1 aromatic carbocycles. The van der Waals surface area contributed by atoms with Crippen molar-refractivity contribution in [3.05, 3.63) is 53.6 Å². The molecule has 2 aromatic rings. The van der Waals surface area contributed by atoms with Crippen LogP contribution in [0.25, 0.3) is 0 Å². The third-order valence-electron chi connectivity index (χ3n) is 6.76. The molecule has 1 amide bonds. The molecule has 2 bridgehead atoms. The van der Waals surface area contributed by atoms with Gasteiger partial charge in [-0.1, -0.05) is 12.1 Å². The second kappa shape index (κ2) is 7.22. The van der Waals surface area contributed by atoms with E-state index in [9.17, 15) is 9.18 Å². The van der Waals surface area contributed by atoms with Crippen LogP contribution in [0, 0.1) is 24.6 Å². The Labute approximate surface area is 170 Å². The van der Waals surface area contributed by atoms with E-state index in [0.29, 0.717) is 18.4 Å². The Hall–Kier alpha value is -2.25. The van der Waals surface area contributed by atoms with Crippen LogP contribution in [-0.2, 0) is 22.6 Å². The van der Waals surface area contributed by atoms with Crippen LogP contribution in [0.4, 0.5) is 4.39 Å². The fraction of sp³-hybridized carbons (Fsp3) is 0.545. The zero-order valence-electron chi connectivity index (χ0n) is 16.7. The number of hydrogen-bond acceptors (Lipinski definition) is 4. The zero-order chi connectivity index (χ0) is 20.0. The van der Waals surface area contributed by atoms with Gasteiger partial charge in [0.25, 0.3) is 0 Å². The van der Waals surface area contributed by atoms with Crippen LogP contribution >= 0.6 is 0 Å². The minimum atomic E-state index is -0.190. The summed E-state index contributed by atoms with van der Waals surface area (Å²) in [6, 6.07) is 8.73. The molecule has 0 aliphatic carbocycles. The lowest BCUT2D eigenvalue weighted by atomic mass is 9.73. The van der Waals surface area contributed by atoms with Gasteiger partial charge in [0.1, 0.15) is 12.4 Å². The van der Waals surface area contributed by atoms with Crippen LogP contribution in [-0.4, -0.2) is 51.9 Å². The zero-order valence-corrected chi connectivity index (χ0v) is 16.7. The SMILES string of the molecule is Cc1ccn(CC(=O)NC[C@H]2[C@H]3CN(Cc4cccc(F)c4)C[C@]34CC[C@H]2O4)n1. The van der Waals surface area contributed by atoms with Crippen LogP contribution < -0.4 is 5.32 Å². The number of rotatable bonds is 6. The third-order valence-corrected chi connectivity index (χ3v) is 6.76. The molecule has 1 spiro atoms. The van der Waals surface area contributed by atoms with Gasteiger partial charge in [-0.15, -0.1) is 0 Å². The van der Waals surface area contributed by atoms with Crippen molar-refractivity contribution >= 4 is 5.91 Å². The minimum Gasteiger partial charge on any atom is -0.370 e. The Bertz CT molecular complexity index is 916. The van der Waals surface area contributed by atoms with Gasteiger partial charge < -0.3 is 10.1 Å². The number of nitrogens with one attached hydrogen (secondary N) is 1. The molecule has 6 nitrogen and oxygen atoms in total. The molecule has 4 heterocycles. The number of ether oxygens (including phenoxy) is 1. The molecule has 0 saturated carbocycles. The van der Waals surface area contributed by atoms with E-state index in [1.807, 2.05) is 25.3 Å². The van der Waals surface area contributed by atoms with Gasteiger partial charge in [-0.2, -0.15) is 5.10 Å². The van der Waals surface area contributed by atoms with Crippen LogP contribution in [0.15, 0.2) is 36.5 Å². The van der Waals surface area contributed by atoms with E-state index in [1.165, 1.54) is 6.07 Å². The van der Waals surface area contributed by atoms with Gasteiger partial charge in [0, 0.05) is 44.2 Å². The highest BCUT2D eigenvalue weighted by Gasteiger charge is 2.62. The molecule has 7 heteroatoms. The predicted molar refractivity (Wildman–Crippen MR) is 105 cm³/mol. The van der Waals surface area contributed by atoms with Crippen molar-refractivity contribution in [2.24, 2.45) is 11.8 Å². The average Bonchev–Trinajstić information content (AvgIpc) is 3.41. The molecule has 0 unspecified atom stereocenters. The number of carbonyl (C=O) groups excluding carboxylic acids is 1. The average molecular weight is 398 g/mol. The van der Waals surface area contributed by atoms with Crippen LogP contribution in [0.3, 0.4) is 0 Å². The summed E-state index contributed by atoms with van der Waals surface area (Å²) in [4.78, 5) is 14.7. The van der Waals surface area contributed by atoms with E-state index in [-0.39, 0.29) is 30.0 Å². The van der Waals surface area contributed by atoms with Gasteiger partial charge in [0.05, 0.1) is 17.4 Å². The Kier molecular flexibility index (Phi) is 4.67. The van der Waals surface area contributed by atoms with Crippen molar-refractivity contribution in [3.63, 3.8) is 0 Å². The second-order valence-electron chi connectivity index (χ2n) is 8.79. The minimum absolute atomic E-state index is 0.0143.